The molecule has 1 saturated heterocycles. The number of carbonyl (C=O) groups excluding carboxylic acids is 2. The molecule has 1 aliphatic rings. The Bertz CT molecular complexity index is 427. The number of ketones is 1. The second kappa shape index (κ2) is 4.70. The van der Waals surface area contributed by atoms with E-state index in [1.54, 1.807) is 4.90 Å². The zero-order valence-corrected chi connectivity index (χ0v) is 10.2. The average Bonchev–Trinajstić information content (AvgIpc) is 2.33. The summed E-state index contributed by atoms with van der Waals surface area (Å²) in [6.45, 7) is 4.26. The van der Waals surface area contributed by atoms with Crippen molar-refractivity contribution >= 4 is 11.7 Å². The molecule has 1 aliphatic heterocycles. The Labute approximate surface area is 101 Å². The van der Waals surface area contributed by atoms with E-state index in [1.807, 2.05) is 37.3 Å². The van der Waals surface area contributed by atoms with Gasteiger partial charge in [0.1, 0.15) is 11.7 Å². The van der Waals surface area contributed by atoms with Crippen LogP contribution in [-0.2, 0) is 9.59 Å². The number of hydrogen-bond acceptors (Lipinski definition) is 2. The van der Waals surface area contributed by atoms with Crippen LogP contribution in [-0.4, -0.2) is 23.1 Å². The van der Waals surface area contributed by atoms with Crippen molar-refractivity contribution in [1.29, 1.82) is 0 Å². The fraction of sp³-hybridized carbons (Fsp3) is 0.429. The van der Waals surface area contributed by atoms with E-state index in [1.165, 1.54) is 6.92 Å². The van der Waals surface area contributed by atoms with Gasteiger partial charge in [-0.15, -0.1) is 0 Å². The van der Waals surface area contributed by atoms with Gasteiger partial charge in [0, 0.05) is 6.54 Å². The minimum Gasteiger partial charge on any atom is -0.334 e. The lowest BCUT2D eigenvalue weighted by atomic mass is 9.80. The van der Waals surface area contributed by atoms with Gasteiger partial charge in [-0.2, -0.15) is 0 Å². The standard InChI is InChI=1S/C14H17NO2/c1-3-9-15-13(11-7-5-4-6-8-11)12(10(2)16)14(15)17/h4-8,12-13H,3,9H2,1-2H3/t12-,13-/m1/s1. The van der Waals surface area contributed by atoms with E-state index in [0.29, 0.717) is 0 Å². The molecule has 3 nitrogen and oxygen atoms in total. The van der Waals surface area contributed by atoms with Crippen molar-refractivity contribution < 1.29 is 9.59 Å². The SMILES string of the molecule is CCCN1C(=O)[C@H](C(C)=O)[C@H]1c1ccccc1. The summed E-state index contributed by atoms with van der Waals surface area (Å²) in [6.07, 6.45) is 0.916. The van der Waals surface area contributed by atoms with Gasteiger partial charge in [0.05, 0.1) is 6.04 Å². The van der Waals surface area contributed by atoms with Crippen molar-refractivity contribution in [3.05, 3.63) is 35.9 Å². The predicted octanol–water partition coefficient (Wildman–Crippen LogP) is 2.19. The molecule has 2 rings (SSSR count). The molecule has 0 N–H and O–H groups in total. The third-order valence-corrected chi connectivity index (χ3v) is 3.24. The maximum atomic E-state index is 11.9. The Morgan fingerprint density at radius 2 is 1.94 bits per heavy atom. The van der Waals surface area contributed by atoms with Crippen LogP contribution in [0.15, 0.2) is 30.3 Å². The van der Waals surface area contributed by atoms with Crippen LogP contribution in [0.2, 0.25) is 0 Å². The number of rotatable bonds is 4. The number of Topliss-reactive ketones (excluding diaryl/α,β-unsaturated/α-hetero) is 1. The quantitative estimate of drug-likeness (QED) is 0.588. The van der Waals surface area contributed by atoms with Crippen LogP contribution in [0, 0.1) is 5.92 Å². The molecule has 0 aromatic heterocycles. The van der Waals surface area contributed by atoms with Crippen LogP contribution >= 0.6 is 0 Å². The maximum Gasteiger partial charge on any atom is 0.236 e. The number of likely N-dealkylation sites (tertiary alicyclic amines) is 1. The highest BCUT2D eigenvalue weighted by molar-refractivity contribution is 6.05. The van der Waals surface area contributed by atoms with E-state index in [4.69, 9.17) is 0 Å². The summed E-state index contributed by atoms with van der Waals surface area (Å²) < 4.78 is 0. The van der Waals surface area contributed by atoms with E-state index in [-0.39, 0.29) is 17.7 Å². The molecule has 2 atom stereocenters. The van der Waals surface area contributed by atoms with Gasteiger partial charge < -0.3 is 4.90 Å². The van der Waals surface area contributed by atoms with E-state index in [2.05, 4.69) is 0 Å². The van der Waals surface area contributed by atoms with Crippen LogP contribution in [0.5, 0.6) is 0 Å². The van der Waals surface area contributed by atoms with Gasteiger partial charge in [-0.05, 0) is 18.9 Å². The summed E-state index contributed by atoms with van der Waals surface area (Å²) in [5.41, 5.74) is 1.06. The third kappa shape index (κ3) is 1.97. The molecule has 1 fully saturated rings. The molecule has 0 unspecified atom stereocenters. The van der Waals surface area contributed by atoms with Crippen molar-refractivity contribution in [2.45, 2.75) is 26.3 Å². The molecule has 0 radical (unpaired) electrons. The van der Waals surface area contributed by atoms with Gasteiger partial charge in [0.2, 0.25) is 5.91 Å². The van der Waals surface area contributed by atoms with Crippen molar-refractivity contribution in [1.82, 2.24) is 4.90 Å². The monoisotopic (exact) mass is 231 g/mol. The van der Waals surface area contributed by atoms with Crippen LogP contribution < -0.4 is 0 Å². The highest BCUT2D eigenvalue weighted by Gasteiger charge is 2.49. The second-order valence-corrected chi connectivity index (χ2v) is 4.48. The van der Waals surface area contributed by atoms with Crippen molar-refractivity contribution in [2.75, 3.05) is 6.54 Å². The lowest BCUT2D eigenvalue weighted by Gasteiger charge is -2.46. The van der Waals surface area contributed by atoms with Crippen molar-refractivity contribution in [3.63, 3.8) is 0 Å². The maximum absolute atomic E-state index is 11.9. The minimum atomic E-state index is -0.469. The average molecular weight is 231 g/mol. The summed E-state index contributed by atoms with van der Waals surface area (Å²) in [7, 11) is 0. The lowest BCUT2D eigenvalue weighted by molar-refractivity contribution is -0.161. The molecule has 1 aromatic carbocycles. The predicted molar refractivity (Wildman–Crippen MR) is 65.4 cm³/mol. The van der Waals surface area contributed by atoms with Gasteiger partial charge in [-0.25, -0.2) is 0 Å². The number of nitrogens with zero attached hydrogens (tertiary/aromatic N) is 1. The van der Waals surface area contributed by atoms with Gasteiger partial charge in [-0.1, -0.05) is 37.3 Å². The molecule has 1 amide bonds. The molecule has 0 saturated carbocycles. The first kappa shape index (κ1) is 11.8. The summed E-state index contributed by atoms with van der Waals surface area (Å²) in [5.74, 6) is -0.520. The third-order valence-electron chi connectivity index (χ3n) is 3.24. The Kier molecular flexibility index (Phi) is 3.27. The first-order valence-corrected chi connectivity index (χ1v) is 6.02. The first-order chi connectivity index (χ1) is 8.16. The zero-order chi connectivity index (χ0) is 12.4. The summed E-state index contributed by atoms with van der Waals surface area (Å²) >= 11 is 0. The van der Waals surface area contributed by atoms with E-state index < -0.39 is 5.92 Å². The van der Waals surface area contributed by atoms with Gasteiger partial charge in [0.25, 0.3) is 0 Å². The number of β-lactam (4-membered cyclic amide) rings is 1. The Morgan fingerprint density at radius 1 is 1.29 bits per heavy atom. The Morgan fingerprint density at radius 3 is 2.47 bits per heavy atom. The van der Waals surface area contributed by atoms with Crippen molar-refractivity contribution in [3.8, 4) is 0 Å². The van der Waals surface area contributed by atoms with Crippen LogP contribution in [0.3, 0.4) is 0 Å². The normalized spacial score (nSPS) is 23.4. The Balaban J connectivity index is 2.27. The summed E-state index contributed by atoms with van der Waals surface area (Å²) in [5, 5.41) is 0. The summed E-state index contributed by atoms with van der Waals surface area (Å²) in [4.78, 5) is 25.2. The largest absolute Gasteiger partial charge is 0.334 e. The number of carbonyl (C=O) groups is 2. The zero-order valence-electron chi connectivity index (χ0n) is 10.2. The highest BCUT2D eigenvalue weighted by Crippen LogP contribution is 2.40. The van der Waals surface area contributed by atoms with E-state index >= 15 is 0 Å². The number of benzene rings is 1. The van der Waals surface area contributed by atoms with Crippen LogP contribution in [0.4, 0.5) is 0 Å². The fourth-order valence-electron chi connectivity index (χ4n) is 2.46. The van der Waals surface area contributed by atoms with E-state index in [0.717, 1.165) is 18.5 Å². The van der Waals surface area contributed by atoms with Crippen LogP contribution in [0.25, 0.3) is 0 Å². The lowest BCUT2D eigenvalue weighted by Crippen LogP contribution is -2.57. The topological polar surface area (TPSA) is 37.4 Å². The molecule has 0 spiro atoms. The summed E-state index contributed by atoms with van der Waals surface area (Å²) in [6, 6.07) is 9.74. The number of amides is 1. The molecular formula is C14H17NO2. The molecule has 0 bridgehead atoms. The highest BCUT2D eigenvalue weighted by atomic mass is 16.2. The van der Waals surface area contributed by atoms with Gasteiger partial charge in [0.15, 0.2) is 0 Å². The van der Waals surface area contributed by atoms with Crippen molar-refractivity contribution in [2.24, 2.45) is 5.92 Å². The molecule has 17 heavy (non-hydrogen) atoms. The first-order valence-electron chi connectivity index (χ1n) is 6.02. The molecule has 1 heterocycles. The molecular weight excluding hydrogens is 214 g/mol. The smallest absolute Gasteiger partial charge is 0.236 e. The Hall–Kier alpha value is -1.64. The molecule has 90 valence electrons. The molecule has 1 aromatic rings. The van der Waals surface area contributed by atoms with Crippen LogP contribution in [0.1, 0.15) is 31.9 Å². The second-order valence-electron chi connectivity index (χ2n) is 4.48. The fourth-order valence-corrected chi connectivity index (χ4v) is 2.46. The van der Waals surface area contributed by atoms with Gasteiger partial charge in [-0.3, -0.25) is 9.59 Å². The molecule has 0 aliphatic carbocycles. The van der Waals surface area contributed by atoms with Gasteiger partial charge >= 0.3 is 0 Å². The number of hydrogen-bond donors (Lipinski definition) is 0. The minimum absolute atomic E-state index is 0.0202. The molecule has 3 heteroatoms. The van der Waals surface area contributed by atoms with E-state index in [9.17, 15) is 9.59 Å².